The van der Waals surface area contributed by atoms with Gasteiger partial charge in [-0.05, 0) is 49.9 Å². The van der Waals surface area contributed by atoms with E-state index < -0.39 is 5.97 Å². The minimum atomic E-state index is -0.975. The first-order valence-corrected chi connectivity index (χ1v) is 7.68. The summed E-state index contributed by atoms with van der Waals surface area (Å²) in [7, 11) is 0. The van der Waals surface area contributed by atoms with E-state index in [4.69, 9.17) is 0 Å². The first-order valence-electron chi connectivity index (χ1n) is 7.68. The zero-order valence-corrected chi connectivity index (χ0v) is 12.3. The Morgan fingerprint density at radius 2 is 2.18 bits per heavy atom. The van der Waals surface area contributed by atoms with E-state index in [1.165, 1.54) is 12.1 Å². The standard InChI is InChI=1S/C17H17FN2O2/c1-2-17-8-7-10(9-17)15-13(17)14(16(21)22)19-20(15)12-5-3-11(18)4-6-12/h3-6,10H,2,7-9H2,1H3,(H,21,22). The molecular formula is C17H17FN2O2. The summed E-state index contributed by atoms with van der Waals surface area (Å²) < 4.78 is 14.9. The van der Waals surface area contributed by atoms with E-state index in [9.17, 15) is 14.3 Å². The van der Waals surface area contributed by atoms with Crippen molar-refractivity contribution in [1.82, 2.24) is 9.78 Å². The van der Waals surface area contributed by atoms with Gasteiger partial charge >= 0.3 is 5.97 Å². The fraction of sp³-hybridized carbons (Fsp3) is 0.412. The van der Waals surface area contributed by atoms with Gasteiger partial charge < -0.3 is 5.11 Å². The minimum absolute atomic E-state index is 0.0357. The molecule has 0 amide bonds. The van der Waals surface area contributed by atoms with Crippen molar-refractivity contribution in [3.8, 4) is 5.69 Å². The molecule has 2 aliphatic carbocycles. The normalized spacial score (nSPS) is 25.5. The molecule has 22 heavy (non-hydrogen) atoms. The van der Waals surface area contributed by atoms with Gasteiger partial charge in [0, 0.05) is 16.9 Å². The van der Waals surface area contributed by atoms with Crippen LogP contribution < -0.4 is 0 Å². The van der Waals surface area contributed by atoms with Gasteiger partial charge in [0.2, 0.25) is 0 Å². The van der Waals surface area contributed by atoms with Gasteiger partial charge in [0.05, 0.1) is 11.4 Å². The van der Waals surface area contributed by atoms with E-state index >= 15 is 0 Å². The summed E-state index contributed by atoms with van der Waals surface area (Å²) in [6, 6.07) is 6.07. The number of hydrogen-bond donors (Lipinski definition) is 1. The molecule has 1 saturated carbocycles. The van der Waals surface area contributed by atoms with Crippen LogP contribution in [0.4, 0.5) is 4.39 Å². The van der Waals surface area contributed by atoms with Crippen molar-refractivity contribution in [2.75, 3.05) is 0 Å². The van der Waals surface area contributed by atoms with Crippen LogP contribution in [0.15, 0.2) is 24.3 Å². The Morgan fingerprint density at radius 1 is 1.45 bits per heavy atom. The number of benzene rings is 1. The third-order valence-corrected chi connectivity index (χ3v) is 5.40. The van der Waals surface area contributed by atoms with Gasteiger partial charge in [-0.3, -0.25) is 0 Å². The summed E-state index contributed by atoms with van der Waals surface area (Å²) in [5.74, 6) is -0.921. The zero-order chi connectivity index (χ0) is 15.5. The molecule has 1 fully saturated rings. The maximum absolute atomic E-state index is 13.2. The van der Waals surface area contributed by atoms with Gasteiger partial charge in [-0.2, -0.15) is 5.10 Å². The van der Waals surface area contributed by atoms with Crippen LogP contribution >= 0.6 is 0 Å². The lowest BCUT2D eigenvalue weighted by atomic mass is 9.78. The lowest BCUT2D eigenvalue weighted by Crippen LogP contribution is -2.22. The van der Waals surface area contributed by atoms with Crippen molar-refractivity contribution in [1.29, 1.82) is 0 Å². The highest BCUT2D eigenvalue weighted by molar-refractivity contribution is 5.89. The van der Waals surface area contributed by atoms with E-state index in [2.05, 4.69) is 12.0 Å². The molecule has 4 nitrogen and oxygen atoms in total. The molecule has 1 aromatic carbocycles. The summed E-state index contributed by atoms with van der Waals surface area (Å²) in [6.45, 7) is 2.12. The van der Waals surface area contributed by atoms with Crippen molar-refractivity contribution < 1.29 is 14.3 Å². The van der Waals surface area contributed by atoms with E-state index in [0.29, 0.717) is 5.92 Å². The van der Waals surface area contributed by atoms with Gasteiger partial charge in [0.25, 0.3) is 0 Å². The van der Waals surface area contributed by atoms with Crippen LogP contribution in [-0.2, 0) is 5.41 Å². The molecule has 2 aliphatic rings. The van der Waals surface area contributed by atoms with Crippen molar-refractivity contribution in [2.45, 2.75) is 43.9 Å². The Balaban J connectivity index is 1.96. The Bertz CT molecular complexity index is 766. The maximum atomic E-state index is 13.2. The molecule has 1 aromatic heterocycles. The van der Waals surface area contributed by atoms with Gasteiger partial charge in [0.1, 0.15) is 5.82 Å². The third kappa shape index (κ3) is 1.62. The summed E-state index contributed by atoms with van der Waals surface area (Å²) in [4.78, 5) is 11.7. The largest absolute Gasteiger partial charge is 0.476 e. The molecular weight excluding hydrogens is 283 g/mol. The van der Waals surface area contributed by atoms with E-state index in [-0.39, 0.29) is 16.9 Å². The van der Waals surface area contributed by atoms with E-state index in [1.807, 2.05) is 0 Å². The molecule has 2 atom stereocenters. The summed E-state index contributed by atoms with van der Waals surface area (Å²) in [5, 5.41) is 13.9. The summed E-state index contributed by atoms with van der Waals surface area (Å²) >= 11 is 0. The van der Waals surface area contributed by atoms with Crippen molar-refractivity contribution >= 4 is 5.97 Å². The highest BCUT2D eigenvalue weighted by Crippen LogP contribution is 2.60. The zero-order valence-electron chi connectivity index (χ0n) is 12.3. The van der Waals surface area contributed by atoms with Gasteiger partial charge in [-0.25, -0.2) is 13.9 Å². The first-order chi connectivity index (χ1) is 10.6. The number of aromatic carboxylic acids is 1. The van der Waals surface area contributed by atoms with Gasteiger partial charge in [-0.1, -0.05) is 6.92 Å². The Kier molecular flexibility index (Phi) is 2.71. The number of rotatable bonds is 3. The van der Waals surface area contributed by atoms with E-state index in [0.717, 1.165) is 42.6 Å². The summed E-state index contributed by atoms with van der Waals surface area (Å²) in [5.41, 5.74) is 2.80. The molecule has 0 aliphatic heterocycles. The third-order valence-electron chi connectivity index (χ3n) is 5.40. The molecule has 2 bridgehead atoms. The lowest BCUT2D eigenvalue weighted by Gasteiger charge is -2.25. The first kappa shape index (κ1) is 13.5. The molecule has 0 saturated heterocycles. The Morgan fingerprint density at radius 3 is 2.82 bits per heavy atom. The van der Waals surface area contributed by atoms with Crippen molar-refractivity contribution in [3.63, 3.8) is 0 Å². The molecule has 0 spiro atoms. The van der Waals surface area contributed by atoms with Crippen LogP contribution in [0.3, 0.4) is 0 Å². The van der Waals surface area contributed by atoms with Crippen LogP contribution in [-0.4, -0.2) is 20.9 Å². The molecule has 5 heteroatoms. The molecule has 2 aromatic rings. The molecule has 1 N–H and O–H groups in total. The quantitative estimate of drug-likeness (QED) is 0.941. The predicted octanol–water partition coefficient (Wildman–Crippen LogP) is 3.64. The van der Waals surface area contributed by atoms with Crippen LogP contribution in [0.1, 0.15) is 60.3 Å². The minimum Gasteiger partial charge on any atom is -0.476 e. The van der Waals surface area contributed by atoms with Crippen molar-refractivity contribution in [2.24, 2.45) is 0 Å². The van der Waals surface area contributed by atoms with Crippen LogP contribution in [0.2, 0.25) is 0 Å². The van der Waals surface area contributed by atoms with Crippen LogP contribution in [0, 0.1) is 5.82 Å². The molecule has 114 valence electrons. The Labute approximate surface area is 127 Å². The monoisotopic (exact) mass is 300 g/mol. The fourth-order valence-electron chi connectivity index (χ4n) is 4.34. The molecule has 2 unspecified atom stereocenters. The number of halogens is 1. The number of carboxylic acid groups (broad SMARTS) is 1. The number of hydrogen-bond acceptors (Lipinski definition) is 2. The lowest BCUT2D eigenvalue weighted by molar-refractivity contribution is 0.0686. The number of fused-ring (bicyclic) bond motifs is 5. The number of nitrogens with zero attached hydrogens (tertiary/aromatic N) is 2. The average Bonchev–Trinajstić information content (AvgIpc) is 3.18. The van der Waals surface area contributed by atoms with Crippen LogP contribution in [0.25, 0.3) is 5.69 Å². The highest BCUT2D eigenvalue weighted by atomic mass is 19.1. The summed E-state index contributed by atoms with van der Waals surface area (Å²) in [6.07, 6.45) is 4.06. The number of aromatic nitrogens is 2. The molecule has 1 heterocycles. The van der Waals surface area contributed by atoms with Crippen LogP contribution in [0.5, 0.6) is 0 Å². The van der Waals surface area contributed by atoms with Gasteiger partial charge in [0.15, 0.2) is 5.69 Å². The van der Waals surface area contributed by atoms with Crippen molar-refractivity contribution in [3.05, 3.63) is 47.0 Å². The highest BCUT2D eigenvalue weighted by Gasteiger charge is 2.53. The fourth-order valence-corrected chi connectivity index (χ4v) is 4.34. The average molecular weight is 300 g/mol. The number of carbonyl (C=O) groups is 1. The second kappa shape index (κ2) is 4.41. The molecule has 4 rings (SSSR count). The second-order valence-electron chi connectivity index (χ2n) is 6.38. The topological polar surface area (TPSA) is 55.1 Å². The van der Waals surface area contributed by atoms with E-state index in [1.54, 1.807) is 16.8 Å². The second-order valence-corrected chi connectivity index (χ2v) is 6.38. The molecule has 0 radical (unpaired) electrons. The smallest absolute Gasteiger partial charge is 0.356 e. The Hall–Kier alpha value is -2.17. The SMILES string of the molecule is CCC12CCC(C1)c1c2c(C(=O)O)nn1-c1ccc(F)cc1. The predicted molar refractivity (Wildman–Crippen MR) is 79.0 cm³/mol. The number of carboxylic acids is 1. The van der Waals surface area contributed by atoms with Gasteiger partial charge in [-0.15, -0.1) is 0 Å². The maximum Gasteiger partial charge on any atom is 0.356 e.